The van der Waals surface area contributed by atoms with Crippen molar-refractivity contribution in [3.05, 3.63) is 138 Å². The van der Waals surface area contributed by atoms with Crippen molar-refractivity contribution in [3.63, 3.8) is 0 Å². The molecule has 1 radical (unpaired) electrons. The molecule has 0 amide bonds. The SMILES string of the molecule is Cc1cc(-c2[c-]cccc2)nc[c]1[Ge]([CH3])([CH3])[CH3].[2H]C([2H])(c1ccnc(-c2[c-]ccc3c2oc2ccc(-c4ccc(C(=O)OO)cc4)cc23)c1)C(C)(C)C.[Ir]. The summed E-state index contributed by atoms with van der Waals surface area (Å²) < 4.78 is 25.0. The van der Waals surface area contributed by atoms with Gasteiger partial charge in [0.1, 0.15) is 5.58 Å². The first kappa shape index (κ1) is 36.0. The van der Waals surface area contributed by atoms with E-state index in [1.54, 1.807) is 42.6 Å². The molecule has 0 aliphatic heterocycles. The molecule has 0 spiro atoms. The fraction of sp³-hybridized carbons (Fsp3) is 0.205. The molecule has 0 saturated carbocycles. The summed E-state index contributed by atoms with van der Waals surface area (Å²) in [5, 5.41) is 10.4. The Morgan fingerprint density at radius 2 is 1.63 bits per heavy atom. The summed E-state index contributed by atoms with van der Waals surface area (Å²) >= 11 is -1.77. The van der Waals surface area contributed by atoms with Gasteiger partial charge >= 0.3 is 112 Å². The summed E-state index contributed by atoms with van der Waals surface area (Å²) in [5.41, 5.74) is 8.11. The maximum atomic E-state index is 11.5. The van der Waals surface area contributed by atoms with E-state index in [0.717, 1.165) is 33.2 Å². The van der Waals surface area contributed by atoms with Crippen LogP contribution < -0.4 is 4.40 Å². The maximum Gasteiger partial charge on any atom is 0.372 e. The standard InChI is InChI=1S/C29H24NO4.C15H18GeN.Ir/c1-29(2,3)17-18-13-14-30-25(15-18)23-6-4-5-22-24-16-21(11-12-26(24)33-27(22)23)19-7-9-20(10-8-19)28(31)34-32;1-12-10-15(13-8-6-5-7-9-13)17-11-14(12)16(2,3)4;/h4-5,7-16,32H,17H2,1-3H3;5-8,10-11H,1-4H3;/q2*-1;/i17D2;;. The van der Waals surface area contributed by atoms with Gasteiger partial charge in [-0.2, -0.15) is 5.26 Å². The molecule has 0 unspecified atom stereocenters. The Kier molecular flexibility index (Phi) is 11.1. The molecule has 52 heavy (non-hydrogen) atoms. The van der Waals surface area contributed by atoms with E-state index in [9.17, 15) is 4.79 Å². The zero-order chi connectivity index (χ0) is 38.1. The number of pyridine rings is 2. The molecule has 8 heteroatoms. The number of furan rings is 1. The van der Waals surface area contributed by atoms with E-state index >= 15 is 0 Å². The predicted octanol–water partition coefficient (Wildman–Crippen LogP) is 10.7. The van der Waals surface area contributed by atoms with E-state index in [2.05, 4.69) is 69.5 Å². The summed E-state index contributed by atoms with van der Waals surface area (Å²) in [6.07, 6.45) is 2.15. The van der Waals surface area contributed by atoms with E-state index in [0.29, 0.717) is 28.0 Å². The Hall–Kier alpha value is -4.40. The van der Waals surface area contributed by atoms with Crippen LogP contribution in [0.25, 0.3) is 55.6 Å². The first-order valence-corrected chi connectivity index (χ1v) is 24.2. The summed E-state index contributed by atoms with van der Waals surface area (Å²) in [7, 11) is 0. The van der Waals surface area contributed by atoms with Crippen molar-refractivity contribution in [2.45, 2.75) is 51.3 Å². The minimum Gasteiger partial charge on any atom is -0.501 e. The van der Waals surface area contributed by atoms with Gasteiger partial charge in [-0.15, -0.1) is 18.2 Å². The van der Waals surface area contributed by atoms with Crippen LogP contribution in [0, 0.1) is 24.5 Å². The van der Waals surface area contributed by atoms with E-state index in [1.165, 1.54) is 9.96 Å². The van der Waals surface area contributed by atoms with Gasteiger partial charge in [0.2, 0.25) is 0 Å². The molecule has 267 valence electrons. The van der Waals surface area contributed by atoms with Crippen LogP contribution in [0.3, 0.4) is 0 Å². The molecule has 7 aromatic rings. The molecular formula is C44H42GeIrN2O4-2. The van der Waals surface area contributed by atoms with Gasteiger partial charge in [0, 0.05) is 34.4 Å². The van der Waals surface area contributed by atoms with E-state index < -0.39 is 31.0 Å². The number of carbonyl (C=O) groups excluding carboxylic acids is 1. The number of aryl methyl sites for hydroxylation is 1. The topological polar surface area (TPSA) is 85.5 Å². The number of hydrogen-bond acceptors (Lipinski definition) is 6. The van der Waals surface area contributed by atoms with Gasteiger partial charge in [-0.1, -0.05) is 61.5 Å². The van der Waals surface area contributed by atoms with Crippen molar-refractivity contribution in [2.24, 2.45) is 5.41 Å². The molecule has 7 rings (SSSR count). The van der Waals surface area contributed by atoms with Crippen LogP contribution >= 0.6 is 0 Å². The Labute approximate surface area is 324 Å². The molecular weight excluding hydrogens is 885 g/mol. The second-order valence-electron chi connectivity index (χ2n) is 14.6. The molecule has 0 saturated heterocycles. The van der Waals surface area contributed by atoms with E-state index in [1.807, 2.05) is 69.3 Å². The number of fused-ring (bicyclic) bond motifs is 3. The molecule has 0 bridgehead atoms. The van der Waals surface area contributed by atoms with Crippen molar-refractivity contribution in [3.8, 4) is 33.6 Å². The summed E-state index contributed by atoms with van der Waals surface area (Å²) in [6, 6.07) is 36.5. The van der Waals surface area contributed by atoms with Crippen molar-refractivity contribution >= 4 is 45.6 Å². The van der Waals surface area contributed by atoms with Crippen molar-refractivity contribution in [1.82, 2.24) is 9.97 Å². The van der Waals surface area contributed by atoms with Crippen LogP contribution in [-0.4, -0.2) is 34.5 Å². The van der Waals surface area contributed by atoms with Crippen LogP contribution in [0.1, 0.15) is 45.0 Å². The summed E-state index contributed by atoms with van der Waals surface area (Å²) in [5.74, 6) is 6.39. The predicted molar refractivity (Wildman–Crippen MR) is 209 cm³/mol. The molecule has 6 nitrogen and oxygen atoms in total. The van der Waals surface area contributed by atoms with Crippen LogP contribution in [0.2, 0.25) is 17.3 Å². The molecule has 0 fully saturated rings. The third-order valence-electron chi connectivity index (χ3n) is 8.41. The number of benzene rings is 4. The van der Waals surface area contributed by atoms with Crippen LogP contribution in [-0.2, 0) is 31.4 Å². The van der Waals surface area contributed by atoms with Crippen LogP contribution in [0.15, 0.2) is 114 Å². The van der Waals surface area contributed by atoms with Gasteiger partial charge in [-0.25, -0.2) is 4.79 Å². The third-order valence-corrected chi connectivity index (χ3v) is 12.9. The van der Waals surface area contributed by atoms with Gasteiger partial charge in [-0.05, 0) is 58.9 Å². The molecule has 0 aliphatic rings. The van der Waals surface area contributed by atoms with Gasteiger partial charge in [-0.3, -0.25) is 4.89 Å². The minimum absolute atomic E-state index is 0. The quantitative estimate of drug-likeness (QED) is 0.0774. The Bertz CT molecular complexity index is 2420. The zero-order valence-corrected chi connectivity index (χ0v) is 34.8. The Balaban J connectivity index is 0.000000262. The summed E-state index contributed by atoms with van der Waals surface area (Å²) in [6.45, 7) is 7.83. The number of rotatable bonds is 6. The normalized spacial score (nSPS) is 12.3. The zero-order valence-electron chi connectivity index (χ0n) is 32.3. The smallest absolute Gasteiger partial charge is 0.372 e. The fourth-order valence-corrected chi connectivity index (χ4v) is 9.66. The molecule has 3 aromatic heterocycles. The first-order valence-electron chi connectivity index (χ1n) is 17.8. The van der Waals surface area contributed by atoms with E-state index in [-0.39, 0.29) is 25.7 Å². The van der Waals surface area contributed by atoms with Crippen molar-refractivity contribution < 1.29 is 42.2 Å². The molecule has 0 atom stereocenters. The van der Waals surface area contributed by atoms with Gasteiger partial charge in [0.15, 0.2) is 0 Å². The van der Waals surface area contributed by atoms with Crippen LogP contribution in [0.4, 0.5) is 0 Å². The maximum absolute atomic E-state index is 11.5. The number of hydrogen-bond donors (Lipinski definition) is 1. The molecule has 4 aromatic carbocycles. The second-order valence-corrected chi connectivity index (χ2v) is 25.2. The largest absolute Gasteiger partial charge is 0.501 e. The third kappa shape index (κ3) is 8.96. The van der Waals surface area contributed by atoms with Gasteiger partial charge < -0.3 is 9.40 Å². The number of nitrogens with zero attached hydrogens (tertiary/aromatic N) is 2. The monoisotopic (exact) mass is 931 g/mol. The molecule has 0 aliphatic carbocycles. The van der Waals surface area contributed by atoms with Crippen LogP contribution in [0.5, 0.6) is 0 Å². The average Bonchev–Trinajstić information content (AvgIpc) is 3.52. The van der Waals surface area contributed by atoms with E-state index in [4.69, 9.17) is 12.4 Å². The minimum atomic E-state index is -1.77. The van der Waals surface area contributed by atoms with Gasteiger partial charge in [0.25, 0.3) is 0 Å². The van der Waals surface area contributed by atoms with Crippen molar-refractivity contribution in [2.75, 3.05) is 0 Å². The molecule has 3 heterocycles. The van der Waals surface area contributed by atoms with Crippen molar-refractivity contribution in [1.29, 1.82) is 0 Å². The number of carbonyl (C=O) groups is 1. The Morgan fingerprint density at radius 3 is 2.29 bits per heavy atom. The first-order chi connectivity index (χ1) is 25.1. The molecule has 1 N–H and O–H groups in total. The fourth-order valence-electron chi connectivity index (χ4n) is 6.08. The number of aromatic nitrogens is 2. The average molecular weight is 930 g/mol. The second kappa shape index (κ2) is 16.1. The van der Waals surface area contributed by atoms with Gasteiger partial charge in [0.05, 0.1) is 11.1 Å². The Morgan fingerprint density at radius 1 is 0.885 bits per heavy atom. The summed E-state index contributed by atoms with van der Waals surface area (Å²) in [4.78, 5) is 24.4.